The number of pyridine rings is 2. The first-order chi connectivity index (χ1) is 19.2. The molecule has 2 aromatic rings. The quantitative estimate of drug-likeness (QED) is 0.466. The number of anilines is 3. The number of carbonyl (C=O) groups excluding carboxylic acids is 2. The van der Waals surface area contributed by atoms with Gasteiger partial charge in [0.05, 0.1) is 30.2 Å². The molecule has 2 aromatic heterocycles. The molecule has 0 radical (unpaired) electrons. The van der Waals surface area contributed by atoms with Crippen molar-refractivity contribution in [3.8, 4) is 5.75 Å². The highest BCUT2D eigenvalue weighted by atomic mass is 16.6. The molecule has 0 N–H and O–H groups in total. The molecule has 5 rings (SSSR count). The fourth-order valence-corrected chi connectivity index (χ4v) is 5.27. The molecule has 11 nitrogen and oxygen atoms in total. The van der Waals surface area contributed by atoms with Crippen LogP contribution in [0.15, 0.2) is 18.3 Å². The van der Waals surface area contributed by atoms with Crippen molar-refractivity contribution in [1.29, 1.82) is 0 Å². The number of morpholine rings is 1. The molecule has 222 valence electrons. The van der Waals surface area contributed by atoms with Gasteiger partial charge in [-0.05, 0) is 67.5 Å². The van der Waals surface area contributed by atoms with E-state index in [2.05, 4.69) is 4.90 Å². The van der Waals surface area contributed by atoms with Gasteiger partial charge in [0.15, 0.2) is 11.6 Å². The van der Waals surface area contributed by atoms with Crippen LogP contribution in [0.2, 0.25) is 0 Å². The molecule has 11 heteroatoms. The lowest BCUT2D eigenvalue weighted by molar-refractivity contribution is 0.00785. The Hall–Kier alpha value is -3.60. The molecular weight excluding hydrogens is 526 g/mol. The number of nitrogens with zero attached hydrogens (tertiary/aromatic N) is 5. The van der Waals surface area contributed by atoms with Gasteiger partial charge in [0, 0.05) is 49.7 Å². The molecule has 0 spiro atoms. The number of hydrogen-bond donors (Lipinski definition) is 0. The van der Waals surface area contributed by atoms with Crippen molar-refractivity contribution in [2.45, 2.75) is 78.6 Å². The molecule has 0 aromatic carbocycles. The van der Waals surface area contributed by atoms with Crippen LogP contribution in [0.25, 0.3) is 0 Å². The van der Waals surface area contributed by atoms with E-state index >= 15 is 0 Å². The van der Waals surface area contributed by atoms with E-state index in [4.69, 9.17) is 28.9 Å². The van der Waals surface area contributed by atoms with Crippen LogP contribution in [0, 0.1) is 6.92 Å². The summed E-state index contributed by atoms with van der Waals surface area (Å²) in [6.45, 7) is 18.5. The van der Waals surface area contributed by atoms with E-state index < -0.39 is 23.4 Å². The average molecular weight is 568 g/mol. The highest BCUT2D eigenvalue weighted by Crippen LogP contribution is 2.48. The third-order valence-electron chi connectivity index (χ3n) is 7.12. The predicted octanol–water partition coefficient (Wildman–Crippen LogP) is 5.48. The normalized spacial score (nSPS) is 19.4. The summed E-state index contributed by atoms with van der Waals surface area (Å²) in [5, 5.41) is 0. The zero-order chi connectivity index (χ0) is 29.7. The molecule has 3 aliphatic heterocycles. The molecule has 1 unspecified atom stereocenters. The van der Waals surface area contributed by atoms with Gasteiger partial charge in [0.1, 0.15) is 17.3 Å². The van der Waals surface area contributed by atoms with Gasteiger partial charge in [-0.3, -0.25) is 4.98 Å². The fourth-order valence-electron chi connectivity index (χ4n) is 5.27. The van der Waals surface area contributed by atoms with Crippen LogP contribution in [-0.2, 0) is 14.2 Å². The van der Waals surface area contributed by atoms with Crippen LogP contribution in [0.3, 0.4) is 0 Å². The summed E-state index contributed by atoms with van der Waals surface area (Å²) < 4.78 is 23.6. The second kappa shape index (κ2) is 10.7. The van der Waals surface area contributed by atoms with Gasteiger partial charge in [0.25, 0.3) is 0 Å². The third-order valence-corrected chi connectivity index (χ3v) is 7.12. The minimum atomic E-state index is -0.731. The molecule has 0 aliphatic carbocycles. The van der Waals surface area contributed by atoms with Gasteiger partial charge in [-0.2, -0.15) is 0 Å². The van der Waals surface area contributed by atoms with E-state index in [0.717, 1.165) is 30.0 Å². The predicted molar refractivity (Wildman–Crippen MR) is 154 cm³/mol. The van der Waals surface area contributed by atoms with Crippen LogP contribution in [0.4, 0.5) is 26.8 Å². The maximum Gasteiger partial charge on any atom is 0.420 e. The number of amides is 2. The summed E-state index contributed by atoms with van der Waals surface area (Å²) in [7, 11) is 0. The van der Waals surface area contributed by atoms with E-state index in [1.165, 1.54) is 4.90 Å². The van der Waals surface area contributed by atoms with Gasteiger partial charge >= 0.3 is 12.2 Å². The Labute approximate surface area is 241 Å². The number of aromatic nitrogens is 2. The van der Waals surface area contributed by atoms with Crippen LogP contribution >= 0.6 is 0 Å². The van der Waals surface area contributed by atoms with Gasteiger partial charge in [-0.1, -0.05) is 0 Å². The molecular formula is C30H41N5O6. The summed E-state index contributed by atoms with van der Waals surface area (Å²) in [6.07, 6.45) is 0.407. The molecule has 2 saturated heterocycles. The van der Waals surface area contributed by atoms with Gasteiger partial charge in [-0.25, -0.2) is 19.5 Å². The Morgan fingerprint density at radius 3 is 2.24 bits per heavy atom. The monoisotopic (exact) mass is 567 g/mol. The van der Waals surface area contributed by atoms with E-state index in [-0.39, 0.29) is 12.0 Å². The number of ether oxygens (including phenoxy) is 4. The molecule has 2 fully saturated rings. The standard InChI is InChI=1S/C30H41N5O6/c1-18-25-23(15-21(32-18)20-16-34(17-20)27(36)40-29(3,4)5)35(28(37)41-30(6,7)8)26-24(19(2)39-25)22(9-10-31-26)33-11-13-38-14-12-33/h9-10,15,19-20H,11-14,16-17H2,1-8H3. The fraction of sp³-hybridized carbons (Fsp3) is 0.600. The topological polar surface area (TPSA) is 107 Å². The van der Waals surface area contributed by atoms with E-state index in [0.29, 0.717) is 49.3 Å². The van der Waals surface area contributed by atoms with Crippen molar-refractivity contribution in [2.24, 2.45) is 0 Å². The Morgan fingerprint density at radius 2 is 1.61 bits per heavy atom. The maximum absolute atomic E-state index is 13.9. The smallest absolute Gasteiger partial charge is 0.420 e. The Balaban J connectivity index is 1.56. The van der Waals surface area contributed by atoms with E-state index in [1.54, 1.807) is 11.1 Å². The van der Waals surface area contributed by atoms with Gasteiger partial charge < -0.3 is 28.7 Å². The summed E-state index contributed by atoms with van der Waals surface area (Å²) in [4.78, 5) is 41.5. The van der Waals surface area contributed by atoms with Crippen molar-refractivity contribution in [1.82, 2.24) is 14.9 Å². The highest BCUT2D eigenvalue weighted by molar-refractivity contribution is 5.99. The second-order valence-electron chi connectivity index (χ2n) is 12.8. The van der Waals surface area contributed by atoms with Crippen molar-refractivity contribution in [3.63, 3.8) is 0 Å². The second-order valence-corrected chi connectivity index (χ2v) is 12.8. The van der Waals surface area contributed by atoms with Crippen LogP contribution in [0.1, 0.15) is 77.4 Å². The van der Waals surface area contributed by atoms with Gasteiger partial charge in [0.2, 0.25) is 0 Å². The molecule has 1 atom stereocenters. The first-order valence-corrected chi connectivity index (χ1v) is 14.2. The first kappa shape index (κ1) is 28.9. The minimum absolute atomic E-state index is 0.0141. The lowest BCUT2D eigenvalue weighted by Crippen LogP contribution is -2.50. The van der Waals surface area contributed by atoms with Crippen molar-refractivity contribution in [2.75, 3.05) is 49.2 Å². The van der Waals surface area contributed by atoms with E-state index in [1.807, 2.05) is 67.5 Å². The molecule has 41 heavy (non-hydrogen) atoms. The highest BCUT2D eigenvalue weighted by Gasteiger charge is 2.40. The largest absolute Gasteiger partial charge is 0.482 e. The van der Waals surface area contributed by atoms with E-state index in [9.17, 15) is 9.59 Å². The number of rotatable bonds is 2. The lowest BCUT2D eigenvalue weighted by Gasteiger charge is -2.39. The number of hydrogen-bond acceptors (Lipinski definition) is 9. The summed E-state index contributed by atoms with van der Waals surface area (Å²) in [5.41, 5.74) is 2.39. The minimum Gasteiger partial charge on any atom is -0.482 e. The molecule has 0 saturated carbocycles. The Bertz CT molecular complexity index is 1320. The van der Waals surface area contributed by atoms with Crippen molar-refractivity contribution >= 4 is 29.4 Å². The average Bonchev–Trinajstić information content (AvgIpc) is 2.96. The maximum atomic E-state index is 13.9. The number of fused-ring (bicyclic) bond motifs is 2. The van der Waals surface area contributed by atoms with Crippen LogP contribution in [0.5, 0.6) is 5.75 Å². The number of aryl methyl sites for hydroxylation is 1. The number of carbonyl (C=O) groups is 2. The lowest BCUT2D eigenvalue weighted by atomic mass is 9.95. The first-order valence-electron chi connectivity index (χ1n) is 14.2. The summed E-state index contributed by atoms with van der Waals surface area (Å²) in [6, 6.07) is 3.83. The van der Waals surface area contributed by atoms with Crippen molar-refractivity contribution in [3.05, 3.63) is 35.3 Å². The van der Waals surface area contributed by atoms with Crippen LogP contribution < -0.4 is 14.5 Å². The Morgan fingerprint density at radius 1 is 0.976 bits per heavy atom. The molecule has 0 bridgehead atoms. The Kier molecular flexibility index (Phi) is 7.52. The SMILES string of the molecule is Cc1nc(C2CN(C(=O)OC(C)(C)C)C2)cc2c1OC(C)c1c(N3CCOCC3)ccnc1N2C(=O)OC(C)(C)C. The molecule has 5 heterocycles. The molecule has 2 amide bonds. The zero-order valence-corrected chi connectivity index (χ0v) is 25.3. The number of likely N-dealkylation sites (tertiary alicyclic amines) is 1. The van der Waals surface area contributed by atoms with Gasteiger partial charge in [-0.15, -0.1) is 0 Å². The summed E-state index contributed by atoms with van der Waals surface area (Å²) in [5.74, 6) is 0.955. The third kappa shape index (κ3) is 6.05. The van der Waals surface area contributed by atoms with Crippen molar-refractivity contribution < 1.29 is 28.5 Å². The summed E-state index contributed by atoms with van der Waals surface area (Å²) >= 11 is 0. The van der Waals surface area contributed by atoms with Crippen LogP contribution in [-0.4, -0.2) is 77.6 Å². The molecule has 3 aliphatic rings. The zero-order valence-electron chi connectivity index (χ0n) is 25.3.